The van der Waals surface area contributed by atoms with Crippen LogP contribution in [0, 0.1) is 11.8 Å². The summed E-state index contributed by atoms with van der Waals surface area (Å²) in [6.45, 7) is 7.69. The number of nitrogens with zero attached hydrogens (tertiary/aromatic N) is 1. The van der Waals surface area contributed by atoms with Gasteiger partial charge in [0, 0.05) is 39.8 Å². The van der Waals surface area contributed by atoms with Crippen molar-refractivity contribution in [3.63, 3.8) is 0 Å². The number of hydrogen-bond acceptors (Lipinski definition) is 4. The SMILES string of the molecule is COCCCOC1CCN(C(=O)CC(C)C2CCNCC2)CC1. The smallest absolute Gasteiger partial charge is 0.222 e. The highest BCUT2D eigenvalue weighted by Crippen LogP contribution is 2.25. The maximum Gasteiger partial charge on any atom is 0.222 e. The Hall–Kier alpha value is -0.650. The lowest BCUT2D eigenvalue weighted by atomic mass is 9.84. The van der Waals surface area contributed by atoms with Gasteiger partial charge >= 0.3 is 0 Å². The molecule has 0 aliphatic carbocycles. The number of piperidine rings is 2. The molecule has 1 unspecified atom stereocenters. The van der Waals surface area contributed by atoms with E-state index in [1.807, 2.05) is 4.90 Å². The Balaban J connectivity index is 1.63. The van der Waals surface area contributed by atoms with Crippen LogP contribution in [0.4, 0.5) is 0 Å². The van der Waals surface area contributed by atoms with Crippen molar-refractivity contribution in [3.05, 3.63) is 0 Å². The summed E-state index contributed by atoms with van der Waals surface area (Å²) in [4.78, 5) is 14.6. The van der Waals surface area contributed by atoms with Crippen LogP contribution in [0.3, 0.4) is 0 Å². The molecule has 0 aromatic carbocycles. The quantitative estimate of drug-likeness (QED) is 0.694. The largest absolute Gasteiger partial charge is 0.385 e. The first-order valence-corrected chi connectivity index (χ1v) is 9.29. The van der Waals surface area contributed by atoms with Crippen LogP contribution in [0.2, 0.25) is 0 Å². The maximum absolute atomic E-state index is 12.5. The fraction of sp³-hybridized carbons (Fsp3) is 0.944. The molecule has 1 amide bonds. The van der Waals surface area contributed by atoms with Gasteiger partial charge in [-0.25, -0.2) is 0 Å². The van der Waals surface area contributed by atoms with Gasteiger partial charge in [-0.1, -0.05) is 6.92 Å². The zero-order valence-corrected chi connectivity index (χ0v) is 14.9. The van der Waals surface area contributed by atoms with Crippen molar-refractivity contribution in [1.82, 2.24) is 10.2 Å². The lowest BCUT2D eigenvalue weighted by Crippen LogP contribution is -2.42. The first kappa shape index (κ1) is 18.7. The number of rotatable bonds is 8. The number of carbonyl (C=O) groups excluding carboxylic acids is 1. The lowest BCUT2D eigenvalue weighted by molar-refractivity contribution is -0.135. The maximum atomic E-state index is 12.5. The third kappa shape index (κ3) is 6.40. The molecule has 23 heavy (non-hydrogen) atoms. The molecule has 0 radical (unpaired) electrons. The number of nitrogens with one attached hydrogen (secondary N) is 1. The van der Waals surface area contributed by atoms with Crippen LogP contribution in [0.1, 0.15) is 45.4 Å². The van der Waals surface area contributed by atoms with E-state index in [4.69, 9.17) is 9.47 Å². The molecule has 2 saturated heterocycles. The molecule has 2 heterocycles. The number of carbonyl (C=O) groups is 1. The highest BCUT2D eigenvalue weighted by Gasteiger charge is 2.27. The zero-order chi connectivity index (χ0) is 16.5. The Bertz CT molecular complexity index is 337. The first-order valence-electron chi connectivity index (χ1n) is 9.29. The summed E-state index contributed by atoms with van der Waals surface area (Å²) in [6.07, 6.45) is 6.35. The number of ether oxygens (including phenoxy) is 2. The van der Waals surface area contributed by atoms with Gasteiger partial charge in [-0.3, -0.25) is 4.79 Å². The van der Waals surface area contributed by atoms with Gasteiger partial charge in [0.2, 0.25) is 5.91 Å². The molecule has 2 aliphatic rings. The zero-order valence-electron chi connectivity index (χ0n) is 14.9. The standard InChI is InChI=1S/C18H34N2O3/c1-15(16-4-8-19-9-5-16)14-18(21)20-10-6-17(7-11-20)23-13-3-12-22-2/h15-17,19H,3-14H2,1-2H3. The first-order chi connectivity index (χ1) is 11.2. The van der Waals surface area contributed by atoms with Crippen LogP contribution < -0.4 is 5.32 Å². The summed E-state index contributed by atoms with van der Waals surface area (Å²) in [7, 11) is 1.72. The van der Waals surface area contributed by atoms with Crippen molar-refractivity contribution in [2.45, 2.75) is 51.6 Å². The molecule has 0 spiro atoms. The van der Waals surface area contributed by atoms with Gasteiger partial charge in [0.05, 0.1) is 6.10 Å². The summed E-state index contributed by atoms with van der Waals surface area (Å²) in [6, 6.07) is 0. The molecular weight excluding hydrogens is 292 g/mol. The Labute approximate surface area is 141 Å². The summed E-state index contributed by atoms with van der Waals surface area (Å²) in [5.74, 6) is 1.56. The molecule has 5 nitrogen and oxygen atoms in total. The Morgan fingerprint density at radius 2 is 1.87 bits per heavy atom. The predicted molar refractivity (Wildman–Crippen MR) is 91.4 cm³/mol. The molecule has 0 bridgehead atoms. The van der Waals surface area contributed by atoms with Gasteiger partial charge in [-0.15, -0.1) is 0 Å². The highest BCUT2D eigenvalue weighted by molar-refractivity contribution is 5.76. The van der Waals surface area contributed by atoms with Crippen molar-refractivity contribution < 1.29 is 14.3 Å². The van der Waals surface area contributed by atoms with Crippen molar-refractivity contribution in [2.75, 3.05) is 46.5 Å². The van der Waals surface area contributed by atoms with Crippen molar-refractivity contribution >= 4 is 5.91 Å². The molecule has 1 N–H and O–H groups in total. The normalized spacial score (nSPS) is 22.3. The monoisotopic (exact) mass is 326 g/mol. The summed E-state index contributed by atoms with van der Waals surface area (Å²) < 4.78 is 10.9. The molecule has 2 fully saturated rings. The minimum absolute atomic E-state index is 0.317. The van der Waals surface area contributed by atoms with Gasteiger partial charge in [0.1, 0.15) is 0 Å². The second-order valence-corrected chi connectivity index (χ2v) is 7.07. The van der Waals surface area contributed by atoms with Crippen LogP contribution in [0.15, 0.2) is 0 Å². The van der Waals surface area contributed by atoms with E-state index in [-0.39, 0.29) is 0 Å². The van der Waals surface area contributed by atoms with E-state index in [1.165, 1.54) is 12.8 Å². The second kappa shape index (κ2) is 10.3. The second-order valence-electron chi connectivity index (χ2n) is 7.07. The number of likely N-dealkylation sites (tertiary alicyclic amines) is 1. The minimum Gasteiger partial charge on any atom is -0.385 e. The Morgan fingerprint density at radius 1 is 1.17 bits per heavy atom. The molecule has 0 aromatic heterocycles. The van der Waals surface area contributed by atoms with Crippen molar-refractivity contribution in [3.8, 4) is 0 Å². The summed E-state index contributed by atoms with van der Waals surface area (Å²) >= 11 is 0. The topological polar surface area (TPSA) is 50.8 Å². The predicted octanol–water partition coefficient (Wildman–Crippen LogP) is 2.06. The lowest BCUT2D eigenvalue weighted by Gasteiger charge is -2.34. The summed E-state index contributed by atoms with van der Waals surface area (Å²) in [5, 5.41) is 3.40. The van der Waals surface area contributed by atoms with E-state index >= 15 is 0 Å². The Morgan fingerprint density at radius 3 is 2.52 bits per heavy atom. The van der Waals surface area contributed by atoms with E-state index in [0.717, 1.165) is 58.7 Å². The fourth-order valence-corrected chi connectivity index (χ4v) is 3.71. The van der Waals surface area contributed by atoms with E-state index in [2.05, 4.69) is 12.2 Å². The van der Waals surface area contributed by atoms with Crippen LogP contribution in [-0.2, 0) is 14.3 Å². The Kier molecular flexibility index (Phi) is 8.34. The van der Waals surface area contributed by atoms with Crippen molar-refractivity contribution in [2.24, 2.45) is 11.8 Å². The van der Waals surface area contributed by atoms with Crippen LogP contribution in [0.25, 0.3) is 0 Å². The van der Waals surface area contributed by atoms with E-state index in [9.17, 15) is 4.79 Å². The molecular formula is C18H34N2O3. The van der Waals surface area contributed by atoms with Gasteiger partial charge in [0.25, 0.3) is 0 Å². The average Bonchev–Trinajstić information content (AvgIpc) is 2.60. The van der Waals surface area contributed by atoms with Crippen LogP contribution >= 0.6 is 0 Å². The van der Waals surface area contributed by atoms with Crippen molar-refractivity contribution in [1.29, 1.82) is 0 Å². The average molecular weight is 326 g/mol. The minimum atomic E-state index is 0.317. The molecule has 0 saturated carbocycles. The van der Waals surface area contributed by atoms with Gasteiger partial charge in [-0.2, -0.15) is 0 Å². The number of amides is 1. The molecule has 5 heteroatoms. The van der Waals surface area contributed by atoms with E-state index in [0.29, 0.717) is 30.3 Å². The van der Waals surface area contributed by atoms with Crippen LogP contribution in [-0.4, -0.2) is 63.4 Å². The summed E-state index contributed by atoms with van der Waals surface area (Å²) in [5.41, 5.74) is 0. The van der Waals surface area contributed by atoms with Gasteiger partial charge < -0.3 is 19.7 Å². The van der Waals surface area contributed by atoms with E-state index < -0.39 is 0 Å². The fourth-order valence-electron chi connectivity index (χ4n) is 3.71. The number of hydrogen-bond donors (Lipinski definition) is 1. The van der Waals surface area contributed by atoms with E-state index in [1.54, 1.807) is 7.11 Å². The highest BCUT2D eigenvalue weighted by atomic mass is 16.5. The third-order valence-corrected chi connectivity index (χ3v) is 5.33. The molecule has 0 aromatic rings. The molecule has 1 atom stereocenters. The third-order valence-electron chi connectivity index (χ3n) is 5.33. The molecule has 134 valence electrons. The number of methoxy groups -OCH3 is 1. The van der Waals surface area contributed by atoms with Crippen LogP contribution in [0.5, 0.6) is 0 Å². The molecule has 2 rings (SSSR count). The van der Waals surface area contributed by atoms with Gasteiger partial charge in [0.15, 0.2) is 0 Å². The molecule has 2 aliphatic heterocycles. The van der Waals surface area contributed by atoms with Gasteiger partial charge in [-0.05, 0) is 57.0 Å².